The van der Waals surface area contributed by atoms with Gasteiger partial charge in [-0.05, 0) is 61.5 Å². The van der Waals surface area contributed by atoms with Crippen LogP contribution in [0.15, 0.2) is 23.8 Å². The third-order valence-corrected chi connectivity index (χ3v) is 7.40. The molecular formula is C20H24O3. The molecule has 0 aromatic carbocycles. The molecule has 3 nitrogen and oxygen atoms in total. The average Bonchev–Trinajstić information content (AvgIpc) is 2.83. The smallest absolute Gasteiger partial charge is 0.161 e. The Kier molecular flexibility index (Phi) is 3.11. The second kappa shape index (κ2) is 4.75. The van der Waals surface area contributed by atoms with Gasteiger partial charge in [0.15, 0.2) is 11.6 Å². The molecule has 0 aliphatic heterocycles. The van der Waals surface area contributed by atoms with Crippen molar-refractivity contribution in [1.82, 2.24) is 0 Å². The lowest BCUT2D eigenvalue weighted by Crippen LogP contribution is -2.55. The van der Waals surface area contributed by atoms with E-state index < -0.39 is 5.41 Å². The van der Waals surface area contributed by atoms with Crippen LogP contribution in [0.1, 0.15) is 46.0 Å². The van der Waals surface area contributed by atoms with E-state index in [9.17, 15) is 14.4 Å². The predicted molar refractivity (Wildman–Crippen MR) is 86.6 cm³/mol. The first-order chi connectivity index (χ1) is 10.9. The van der Waals surface area contributed by atoms with E-state index in [2.05, 4.69) is 19.9 Å². The quantitative estimate of drug-likeness (QED) is 0.698. The SMILES string of the molecule is CC1CC2=CC(=O)CC[C@]2(C=O)C2CC[C@]3(C)C(=O)C=CC3C12. The van der Waals surface area contributed by atoms with Gasteiger partial charge >= 0.3 is 0 Å². The maximum atomic E-state index is 12.4. The summed E-state index contributed by atoms with van der Waals surface area (Å²) in [5.41, 5.74) is 0.339. The minimum Gasteiger partial charge on any atom is -0.302 e. The average molecular weight is 312 g/mol. The number of ketones is 2. The van der Waals surface area contributed by atoms with Crippen LogP contribution in [0.3, 0.4) is 0 Å². The zero-order valence-corrected chi connectivity index (χ0v) is 13.9. The Morgan fingerprint density at radius 3 is 2.78 bits per heavy atom. The van der Waals surface area contributed by atoms with Crippen LogP contribution < -0.4 is 0 Å². The topological polar surface area (TPSA) is 51.2 Å². The Labute approximate surface area is 137 Å². The van der Waals surface area contributed by atoms with Crippen LogP contribution >= 0.6 is 0 Å². The second-order valence-electron chi connectivity index (χ2n) is 8.36. The monoisotopic (exact) mass is 312 g/mol. The first kappa shape index (κ1) is 15.0. The molecule has 2 fully saturated rings. The van der Waals surface area contributed by atoms with Crippen LogP contribution in [-0.2, 0) is 14.4 Å². The van der Waals surface area contributed by atoms with Gasteiger partial charge in [0.1, 0.15) is 6.29 Å². The van der Waals surface area contributed by atoms with Crippen molar-refractivity contribution in [3.63, 3.8) is 0 Å². The molecule has 3 heteroatoms. The predicted octanol–water partition coefficient (Wildman–Crippen LogP) is 3.29. The number of fused-ring (bicyclic) bond motifs is 5. The maximum absolute atomic E-state index is 12.4. The molecule has 23 heavy (non-hydrogen) atoms. The van der Waals surface area contributed by atoms with Crippen LogP contribution in [0.2, 0.25) is 0 Å². The Morgan fingerprint density at radius 2 is 2.04 bits per heavy atom. The minimum atomic E-state index is -0.452. The van der Waals surface area contributed by atoms with E-state index in [0.29, 0.717) is 24.7 Å². The van der Waals surface area contributed by atoms with Gasteiger partial charge in [-0.3, -0.25) is 9.59 Å². The van der Waals surface area contributed by atoms with Crippen molar-refractivity contribution in [2.75, 3.05) is 0 Å². The van der Waals surface area contributed by atoms with Crippen molar-refractivity contribution in [2.45, 2.75) is 46.0 Å². The van der Waals surface area contributed by atoms with E-state index >= 15 is 0 Å². The van der Waals surface area contributed by atoms with Gasteiger partial charge in [0.2, 0.25) is 0 Å². The van der Waals surface area contributed by atoms with Crippen molar-refractivity contribution in [3.05, 3.63) is 23.8 Å². The molecule has 0 aromatic rings. The molecule has 122 valence electrons. The fourth-order valence-corrected chi connectivity index (χ4v) is 6.12. The highest BCUT2D eigenvalue weighted by Crippen LogP contribution is 2.64. The number of carbonyl (C=O) groups is 3. The van der Waals surface area contributed by atoms with Gasteiger partial charge in [-0.2, -0.15) is 0 Å². The lowest BCUT2D eigenvalue weighted by molar-refractivity contribution is -0.137. The molecule has 6 atom stereocenters. The number of allylic oxidation sites excluding steroid dienone is 4. The van der Waals surface area contributed by atoms with E-state index in [1.54, 1.807) is 12.2 Å². The van der Waals surface area contributed by atoms with Gasteiger partial charge < -0.3 is 4.79 Å². The Morgan fingerprint density at radius 1 is 1.26 bits per heavy atom. The summed E-state index contributed by atoms with van der Waals surface area (Å²) in [5.74, 6) is 1.72. The third kappa shape index (κ3) is 1.79. The second-order valence-corrected chi connectivity index (χ2v) is 8.36. The summed E-state index contributed by atoms with van der Waals surface area (Å²) in [6.45, 7) is 4.33. The van der Waals surface area contributed by atoms with E-state index in [4.69, 9.17) is 0 Å². The number of rotatable bonds is 1. The lowest BCUT2D eigenvalue weighted by atomic mass is 9.45. The molecule has 2 saturated carbocycles. The fourth-order valence-electron chi connectivity index (χ4n) is 6.12. The molecule has 4 aliphatic rings. The summed E-state index contributed by atoms with van der Waals surface area (Å²) < 4.78 is 0. The highest BCUT2D eigenvalue weighted by molar-refractivity contribution is 5.98. The van der Waals surface area contributed by atoms with Gasteiger partial charge in [0, 0.05) is 11.8 Å². The van der Waals surface area contributed by atoms with Gasteiger partial charge in [0.25, 0.3) is 0 Å². The molecule has 0 heterocycles. The largest absolute Gasteiger partial charge is 0.302 e. The van der Waals surface area contributed by atoms with Crippen LogP contribution in [0.4, 0.5) is 0 Å². The zero-order chi connectivity index (χ0) is 16.4. The standard InChI is InChI=1S/C20H24O3/c1-12-9-13-10-14(22)5-8-20(13,11-21)16-6-7-19(2)15(18(12)16)3-4-17(19)23/h3-4,10-12,15-16,18H,5-9H2,1-2H3/t12?,15?,16?,18?,19-,20+/m0/s1. The molecule has 0 saturated heterocycles. The summed E-state index contributed by atoms with van der Waals surface area (Å²) in [7, 11) is 0. The Bertz CT molecular complexity index is 658. The van der Waals surface area contributed by atoms with Crippen molar-refractivity contribution in [2.24, 2.45) is 34.5 Å². The van der Waals surface area contributed by atoms with Crippen LogP contribution in [0.25, 0.3) is 0 Å². The van der Waals surface area contributed by atoms with Crippen molar-refractivity contribution < 1.29 is 14.4 Å². The number of carbonyl (C=O) groups excluding carboxylic acids is 3. The van der Waals surface area contributed by atoms with Crippen molar-refractivity contribution >= 4 is 17.9 Å². The molecule has 4 rings (SSSR count). The molecule has 4 unspecified atom stereocenters. The maximum Gasteiger partial charge on any atom is 0.161 e. The minimum absolute atomic E-state index is 0.166. The summed E-state index contributed by atoms with van der Waals surface area (Å²) >= 11 is 0. The van der Waals surface area contributed by atoms with Gasteiger partial charge in [-0.15, -0.1) is 0 Å². The van der Waals surface area contributed by atoms with Gasteiger partial charge in [-0.1, -0.05) is 25.5 Å². The molecular weight excluding hydrogens is 288 g/mol. The first-order valence-electron chi connectivity index (χ1n) is 8.85. The Balaban J connectivity index is 1.80. The zero-order valence-electron chi connectivity index (χ0n) is 13.9. The number of hydrogen-bond acceptors (Lipinski definition) is 3. The molecule has 0 radical (unpaired) electrons. The number of aldehydes is 1. The summed E-state index contributed by atoms with van der Waals surface area (Å²) in [6, 6.07) is 0. The summed E-state index contributed by atoms with van der Waals surface area (Å²) in [6.07, 6.45) is 10.5. The third-order valence-electron chi connectivity index (χ3n) is 7.40. The molecule has 0 N–H and O–H groups in total. The Hall–Kier alpha value is -1.51. The first-order valence-corrected chi connectivity index (χ1v) is 8.85. The van der Waals surface area contributed by atoms with Gasteiger partial charge in [0.05, 0.1) is 5.41 Å². The molecule has 0 aromatic heterocycles. The highest BCUT2D eigenvalue weighted by atomic mass is 16.1. The van der Waals surface area contributed by atoms with E-state index in [0.717, 1.165) is 31.1 Å². The van der Waals surface area contributed by atoms with E-state index in [1.165, 1.54) is 0 Å². The van der Waals surface area contributed by atoms with Crippen LogP contribution in [0.5, 0.6) is 0 Å². The lowest BCUT2D eigenvalue weighted by Gasteiger charge is -2.57. The van der Waals surface area contributed by atoms with Crippen molar-refractivity contribution in [1.29, 1.82) is 0 Å². The van der Waals surface area contributed by atoms with Crippen LogP contribution in [0, 0.1) is 34.5 Å². The molecule has 0 amide bonds. The molecule has 0 bridgehead atoms. The molecule has 0 spiro atoms. The van der Waals surface area contributed by atoms with Crippen LogP contribution in [-0.4, -0.2) is 17.9 Å². The molecule has 4 aliphatic carbocycles. The fraction of sp³-hybridized carbons (Fsp3) is 0.650. The van der Waals surface area contributed by atoms with Crippen molar-refractivity contribution in [3.8, 4) is 0 Å². The van der Waals surface area contributed by atoms with E-state index in [-0.39, 0.29) is 28.8 Å². The normalized spacial score (nSPS) is 48.3. The summed E-state index contributed by atoms with van der Waals surface area (Å²) in [4.78, 5) is 36.4. The highest BCUT2D eigenvalue weighted by Gasteiger charge is 2.60. The summed E-state index contributed by atoms with van der Waals surface area (Å²) in [5, 5.41) is 0. The van der Waals surface area contributed by atoms with Gasteiger partial charge in [-0.25, -0.2) is 0 Å². The number of hydrogen-bond donors (Lipinski definition) is 0. The van der Waals surface area contributed by atoms with E-state index in [1.807, 2.05) is 0 Å².